The van der Waals surface area contributed by atoms with E-state index < -0.39 is 0 Å². The molecule has 31 heavy (non-hydrogen) atoms. The summed E-state index contributed by atoms with van der Waals surface area (Å²) in [4.78, 5) is 49.7. The van der Waals surface area contributed by atoms with Crippen molar-refractivity contribution in [2.24, 2.45) is 5.92 Å². The number of fused-ring (bicyclic) bond motifs is 1. The molecular formula is C24H25N3O4. The molecule has 2 aliphatic rings. The minimum Gasteiger partial charge on any atom is -0.335 e. The first-order valence-electron chi connectivity index (χ1n) is 10.5. The zero-order valence-electron chi connectivity index (χ0n) is 17.4. The molecule has 4 rings (SSSR count). The van der Waals surface area contributed by atoms with Gasteiger partial charge in [-0.1, -0.05) is 36.4 Å². The van der Waals surface area contributed by atoms with Gasteiger partial charge < -0.3 is 10.2 Å². The third-order valence-corrected chi connectivity index (χ3v) is 5.98. The fourth-order valence-electron chi connectivity index (χ4n) is 4.42. The topological polar surface area (TPSA) is 95.6 Å². The van der Waals surface area contributed by atoms with Crippen molar-refractivity contribution in [1.29, 1.82) is 0 Å². The van der Waals surface area contributed by atoms with Crippen LogP contribution in [0.4, 0.5) is 5.69 Å². The number of hydrogen-bond acceptors (Lipinski definition) is 4. The SMILES string of the molecule is CC(=O)N1CCc2ccccc2C1CC(=O)Nc1ccc(CC2CC(=O)NC2=O)cc1. The Hall–Kier alpha value is -3.48. The molecule has 2 atom stereocenters. The highest BCUT2D eigenvalue weighted by molar-refractivity contribution is 6.03. The summed E-state index contributed by atoms with van der Waals surface area (Å²) in [6, 6.07) is 15.0. The Kier molecular flexibility index (Phi) is 5.84. The molecule has 7 nitrogen and oxygen atoms in total. The summed E-state index contributed by atoms with van der Waals surface area (Å²) in [6.45, 7) is 2.14. The molecule has 4 amide bonds. The van der Waals surface area contributed by atoms with Crippen molar-refractivity contribution in [2.45, 2.75) is 38.6 Å². The summed E-state index contributed by atoms with van der Waals surface area (Å²) in [6.07, 6.45) is 1.67. The number of anilines is 1. The Balaban J connectivity index is 1.40. The molecule has 2 unspecified atom stereocenters. The molecule has 2 aromatic carbocycles. The molecule has 1 fully saturated rings. The van der Waals surface area contributed by atoms with Crippen molar-refractivity contribution in [2.75, 3.05) is 11.9 Å². The summed E-state index contributed by atoms with van der Waals surface area (Å²) >= 11 is 0. The van der Waals surface area contributed by atoms with Gasteiger partial charge in [0.15, 0.2) is 0 Å². The van der Waals surface area contributed by atoms with E-state index in [9.17, 15) is 19.2 Å². The lowest BCUT2D eigenvalue weighted by molar-refractivity contribution is -0.133. The second-order valence-electron chi connectivity index (χ2n) is 8.14. The molecule has 2 heterocycles. The fourth-order valence-corrected chi connectivity index (χ4v) is 4.42. The molecule has 0 radical (unpaired) electrons. The molecule has 0 spiro atoms. The van der Waals surface area contributed by atoms with Gasteiger partial charge in [-0.15, -0.1) is 0 Å². The number of benzene rings is 2. The largest absolute Gasteiger partial charge is 0.335 e. The van der Waals surface area contributed by atoms with Crippen LogP contribution < -0.4 is 10.6 Å². The van der Waals surface area contributed by atoms with Crippen LogP contribution in [-0.4, -0.2) is 35.1 Å². The summed E-state index contributed by atoms with van der Waals surface area (Å²) in [5, 5.41) is 5.22. The monoisotopic (exact) mass is 419 g/mol. The Morgan fingerprint density at radius 2 is 1.84 bits per heavy atom. The predicted octanol–water partition coefficient (Wildman–Crippen LogP) is 2.37. The van der Waals surface area contributed by atoms with E-state index in [2.05, 4.69) is 16.7 Å². The van der Waals surface area contributed by atoms with Gasteiger partial charge in [-0.05, 0) is 41.7 Å². The molecule has 1 saturated heterocycles. The van der Waals surface area contributed by atoms with Crippen LogP contribution in [0.2, 0.25) is 0 Å². The minimum atomic E-state index is -0.336. The lowest BCUT2D eigenvalue weighted by atomic mass is 9.90. The van der Waals surface area contributed by atoms with Crippen molar-refractivity contribution >= 4 is 29.3 Å². The molecule has 0 bridgehead atoms. The van der Waals surface area contributed by atoms with Crippen LogP contribution in [0.15, 0.2) is 48.5 Å². The number of nitrogens with one attached hydrogen (secondary N) is 2. The number of carbonyl (C=O) groups excluding carboxylic acids is 4. The van der Waals surface area contributed by atoms with Crippen molar-refractivity contribution in [3.63, 3.8) is 0 Å². The zero-order chi connectivity index (χ0) is 22.0. The molecule has 2 aromatic rings. The maximum Gasteiger partial charge on any atom is 0.230 e. The molecule has 2 N–H and O–H groups in total. The zero-order valence-corrected chi connectivity index (χ0v) is 17.4. The van der Waals surface area contributed by atoms with E-state index in [0.29, 0.717) is 18.7 Å². The summed E-state index contributed by atoms with van der Waals surface area (Å²) in [7, 11) is 0. The van der Waals surface area contributed by atoms with Gasteiger partial charge in [0, 0.05) is 25.6 Å². The van der Waals surface area contributed by atoms with Crippen LogP contribution in [0.3, 0.4) is 0 Å². The van der Waals surface area contributed by atoms with Gasteiger partial charge in [0.2, 0.25) is 23.6 Å². The lowest BCUT2D eigenvalue weighted by Crippen LogP contribution is -2.40. The van der Waals surface area contributed by atoms with Crippen molar-refractivity contribution < 1.29 is 19.2 Å². The normalized spacial score (nSPS) is 20.2. The number of imide groups is 1. The molecule has 0 aromatic heterocycles. The van der Waals surface area contributed by atoms with Gasteiger partial charge in [0.1, 0.15) is 0 Å². The van der Waals surface area contributed by atoms with Gasteiger partial charge in [-0.3, -0.25) is 24.5 Å². The highest BCUT2D eigenvalue weighted by Gasteiger charge is 2.31. The number of rotatable bonds is 5. The standard InChI is InChI=1S/C24H25N3O4/c1-15(28)27-11-10-17-4-2-3-5-20(17)21(27)14-23(30)25-19-8-6-16(7-9-19)12-18-13-22(29)26-24(18)31/h2-9,18,21H,10-14H2,1H3,(H,25,30)(H,26,29,31). The Morgan fingerprint density at radius 1 is 1.10 bits per heavy atom. The van der Waals surface area contributed by atoms with E-state index in [1.54, 1.807) is 17.0 Å². The quantitative estimate of drug-likeness (QED) is 0.728. The number of hydrogen-bond donors (Lipinski definition) is 2. The van der Waals surface area contributed by atoms with Crippen LogP contribution in [0.25, 0.3) is 0 Å². The molecule has 7 heteroatoms. The predicted molar refractivity (Wildman–Crippen MR) is 115 cm³/mol. The first-order valence-corrected chi connectivity index (χ1v) is 10.5. The molecule has 0 saturated carbocycles. The first kappa shape index (κ1) is 20.8. The molecule has 0 aliphatic carbocycles. The van der Waals surface area contributed by atoms with Crippen LogP contribution in [0.5, 0.6) is 0 Å². The van der Waals surface area contributed by atoms with E-state index >= 15 is 0 Å². The van der Waals surface area contributed by atoms with Crippen LogP contribution in [0, 0.1) is 5.92 Å². The van der Waals surface area contributed by atoms with Gasteiger partial charge in [0.05, 0.1) is 18.4 Å². The lowest BCUT2D eigenvalue weighted by Gasteiger charge is -2.36. The van der Waals surface area contributed by atoms with Gasteiger partial charge >= 0.3 is 0 Å². The summed E-state index contributed by atoms with van der Waals surface area (Å²) in [5.41, 5.74) is 3.78. The Bertz CT molecular complexity index is 1030. The van der Waals surface area contributed by atoms with E-state index in [1.807, 2.05) is 30.3 Å². The van der Waals surface area contributed by atoms with Crippen LogP contribution >= 0.6 is 0 Å². The number of carbonyl (C=O) groups is 4. The Labute approximate surface area is 180 Å². The molecule has 160 valence electrons. The summed E-state index contributed by atoms with van der Waals surface area (Å²) < 4.78 is 0. The van der Waals surface area contributed by atoms with Gasteiger partial charge in [0.25, 0.3) is 0 Å². The fraction of sp³-hybridized carbons (Fsp3) is 0.333. The number of amides is 4. The van der Waals surface area contributed by atoms with Crippen molar-refractivity contribution in [3.05, 3.63) is 65.2 Å². The smallest absolute Gasteiger partial charge is 0.230 e. The summed E-state index contributed by atoms with van der Waals surface area (Å²) in [5.74, 6) is -1.00. The third-order valence-electron chi connectivity index (χ3n) is 5.98. The maximum atomic E-state index is 12.8. The van der Waals surface area contributed by atoms with Crippen LogP contribution in [0.1, 0.15) is 42.5 Å². The second kappa shape index (κ2) is 8.71. The molecular weight excluding hydrogens is 394 g/mol. The van der Waals surface area contributed by atoms with Gasteiger partial charge in [-0.25, -0.2) is 0 Å². The average molecular weight is 419 g/mol. The number of nitrogens with zero attached hydrogens (tertiary/aromatic N) is 1. The highest BCUT2D eigenvalue weighted by atomic mass is 16.2. The molecule has 2 aliphatic heterocycles. The van der Waals surface area contributed by atoms with E-state index in [4.69, 9.17) is 0 Å². The maximum absolute atomic E-state index is 12.8. The van der Waals surface area contributed by atoms with E-state index in [-0.39, 0.29) is 48.4 Å². The minimum absolute atomic E-state index is 0.0360. The van der Waals surface area contributed by atoms with E-state index in [0.717, 1.165) is 17.5 Å². The average Bonchev–Trinajstić information content (AvgIpc) is 3.06. The first-order chi connectivity index (χ1) is 14.9. The van der Waals surface area contributed by atoms with Gasteiger partial charge in [-0.2, -0.15) is 0 Å². The van der Waals surface area contributed by atoms with E-state index in [1.165, 1.54) is 12.5 Å². The van der Waals surface area contributed by atoms with Crippen molar-refractivity contribution in [3.8, 4) is 0 Å². The van der Waals surface area contributed by atoms with Crippen molar-refractivity contribution in [1.82, 2.24) is 10.2 Å². The highest BCUT2D eigenvalue weighted by Crippen LogP contribution is 2.32. The Morgan fingerprint density at radius 3 is 2.52 bits per heavy atom. The third kappa shape index (κ3) is 4.66. The second-order valence-corrected chi connectivity index (χ2v) is 8.14. The van der Waals surface area contributed by atoms with Crippen LogP contribution in [-0.2, 0) is 32.0 Å².